The third-order valence-corrected chi connectivity index (χ3v) is 3.05. The van der Waals surface area contributed by atoms with Crippen molar-refractivity contribution in [1.29, 1.82) is 0 Å². The molecule has 1 N–H and O–H groups in total. The number of phenolic OH excluding ortho intramolecular Hbond substituents is 1. The molecule has 2 aromatic rings. The maximum Gasteiger partial charge on any atom is 0.269 e. The molecule has 5 nitrogen and oxygen atoms in total. The Morgan fingerprint density at radius 3 is 2.40 bits per heavy atom. The number of nitro groups is 1. The molecule has 0 amide bonds. The molecule has 0 heterocycles. The summed E-state index contributed by atoms with van der Waals surface area (Å²) < 4.78 is 0. The molecule has 0 aliphatic carbocycles. The van der Waals surface area contributed by atoms with Gasteiger partial charge in [0.25, 0.3) is 5.69 Å². The number of carbonyl (C=O) groups excluding carboxylic acids is 1. The highest BCUT2D eigenvalue weighted by atomic mass is 16.6. The van der Waals surface area contributed by atoms with Crippen molar-refractivity contribution < 1.29 is 14.8 Å². The van der Waals surface area contributed by atoms with Crippen molar-refractivity contribution in [2.75, 3.05) is 0 Å². The number of nitro benzene ring substituents is 1. The molecule has 0 saturated carbocycles. The van der Waals surface area contributed by atoms with E-state index < -0.39 is 4.92 Å². The molecule has 0 spiro atoms. The van der Waals surface area contributed by atoms with Crippen LogP contribution in [0.15, 0.2) is 42.5 Å². The monoisotopic (exact) mass is 271 g/mol. The summed E-state index contributed by atoms with van der Waals surface area (Å²) in [5, 5.41) is 20.3. The molecule has 0 radical (unpaired) electrons. The zero-order valence-electron chi connectivity index (χ0n) is 10.9. The highest BCUT2D eigenvalue weighted by Gasteiger charge is 2.15. The second kappa shape index (κ2) is 5.52. The number of aryl methyl sites for hydroxylation is 1. The molecule has 0 unspecified atom stereocenters. The van der Waals surface area contributed by atoms with Crippen LogP contribution in [0.2, 0.25) is 0 Å². The summed E-state index contributed by atoms with van der Waals surface area (Å²) >= 11 is 0. The fourth-order valence-corrected chi connectivity index (χ4v) is 1.88. The van der Waals surface area contributed by atoms with Crippen molar-refractivity contribution >= 4 is 11.5 Å². The average Bonchev–Trinajstić information content (AvgIpc) is 2.47. The molecule has 5 heteroatoms. The summed E-state index contributed by atoms with van der Waals surface area (Å²) in [4.78, 5) is 22.3. The van der Waals surface area contributed by atoms with E-state index in [1.807, 2.05) is 6.92 Å². The van der Waals surface area contributed by atoms with Gasteiger partial charge in [-0.2, -0.15) is 0 Å². The van der Waals surface area contributed by atoms with Crippen molar-refractivity contribution in [2.24, 2.45) is 0 Å². The standard InChI is InChI=1S/C15H13NO4/c1-2-10-3-8-14(17)13(9-10)15(18)11-4-6-12(7-5-11)16(19)20/h3-9,17H,2H2,1H3. The van der Waals surface area contributed by atoms with Crippen LogP contribution in [0.3, 0.4) is 0 Å². The first-order valence-corrected chi connectivity index (χ1v) is 6.14. The summed E-state index contributed by atoms with van der Waals surface area (Å²) in [5.74, 6) is -0.446. The predicted molar refractivity (Wildman–Crippen MR) is 74.0 cm³/mol. The minimum atomic E-state index is -0.524. The number of rotatable bonds is 4. The Morgan fingerprint density at radius 2 is 1.85 bits per heavy atom. The van der Waals surface area contributed by atoms with Gasteiger partial charge in [0.1, 0.15) is 5.75 Å². The Kier molecular flexibility index (Phi) is 3.79. The van der Waals surface area contributed by atoms with E-state index in [0.29, 0.717) is 5.56 Å². The van der Waals surface area contributed by atoms with Crippen LogP contribution in [0.4, 0.5) is 5.69 Å². The molecule has 102 valence electrons. The van der Waals surface area contributed by atoms with Gasteiger partial charge in [-0.15, -0.1) is 0 Å². The minimum absolute atomic E-state index is 0.0759. The number of nitrogens with zero attached hydrogens (tertiary/aromatic N) is 1. The number of phenols is 1. The molecule has 0 aromatic heterocycles. The molecule has 2 rings (SSSR count). The number of ketones is 1. The normalized spacial score (nSPS) is 10.2. The number of hydrogen-bond acceptors (Lipinski definition) is 4. The summed E-state index contributed by atoms with van der Waals surface area (Å²) in [6, 6.07) is 10.2. The summed E-state index contributed by atoms with van der Waals surface area (Å²) in [6.07, 6.45) is 0.751. The number of non-ortho nitro benzene ring substituents is 1. The van der Waals surface area contributed by atoms with E-state index >= 15 is 0 Å². The number of carbonyl (C=O) groups is 1. The van der Waals surface area contributed by atoms with Gasteiger partial charge in [0, 0.05) is 17.7 Å². The third-order valence-electron chi connectivity index (χ3n) is 3.05. The molecule has 0 fully saturated rings. The van der Waals surface area contributed by atoms with E-state index in [-0.39, 0.29) is 22.8 Å². The van der Waals surface area contributed by atoms with Gasteiger partial charge in [0.2, 0.25) is 0 Å². The zero-order valence-corrected chi connectivity index (χ0v) is 10.9. The predicted octanol–water partition coefficient (Wildman–Crippen LogP) is 3.09. The van der Waals surface area contributed by atoms with Crippen molar-refractivity contribution in [3.63, 3.8) is 0 Å². The third kappa shape index (κ3) is 2.66. The molecule has 2 aromatic carbocycles. The number of hydrogen-bond donors (Lipinski definition) is 1. The SMILES string of the molecule is CCc1ccc(O)c(C(=O)c2ccc([N+](=O)[O-])cc2)c1. The summed E-state index contributed by atoms with van der Waals surface area (Å²) in [5.41, 5.74) is 1.37. The smallest absolute Gasteiger partial charge is 0.269 e. The van der Waals surface area contributed by atoms with Gasteiger partial charge in [-0.3, -0.25) is 14.9 Å². The maximum atomic E-state index is 12.3. The fourth-order valence-electron chi connectivity index (χ4n) is 1.88. The lowest BCUT2D eigenvalue weighted by atomic mass is 9.99. The van der Waals surface area contributed by atoms with Crippen molar-refractivity contribution in [3.8, 4) is 5.75 Å². The maximum absolute atomic E-state index is 12.3. The summed E-state index contributed by atoms with van der Waals surface area (Å²) in [6.45, 7) is 1.95. The van der Waals surface area contributed by atoms with Crippen molar-refractivity contribution in [1.82, 2.24) is 0 Å². The van der Waals surface area contributed by atoms with E-state index in [9.17, 15) is 20.0 Å². The van der Waals surface area contributed by atoms with Crippen LogP contribution < -0.4 is 0 Å². The van der Waals surface area contributed by atoms with Crippen molar-refractivity contribution in [2.45, 2.75) is 13.3 Å². The van der Waals surface area contributed by atoms with Crippen LogP contribution in [0.25, 0.3) is 0 Å². The van der Waals surface area contributed by atoms with Gasteiger partial charge in [-0.1, -0.05) is 13.0 Å². The number of benzene rings is 2. The molecule has 20 heavy (non-hydrogen) atoms. The van der Waals surface area contributed by atoms with Gasteiger partial charge in [-0.25, -0.2) is 0 Å². The molecular formula is C15H13NO4. The second-order valence-electron chi connectivity index (χ2n) is 4.34. The molecule has 0 atom stereocenters. The van der Waals surface area contributed by atoms with E-state index in [1.165, 1.54) is 30.3 Å². The van der Waals surface area contributed by atoms with E-state index in [1.54, 1.807) is 12.1 Å². The average molecular weight is 271 g/mol. The van der Waals surface area contributed by atoms with Crippen molar-refractivity contribution in [3.05, 3.63) is 69.3 Å². The Bertz CT molecular complexity index is 662. The lowest BCUT2D eigenvalue weighted by Gasteiger charge is -2.06. The van der Waals surface area contributed by atoms with Crippen LogP contribution in [0.1, 0.15) is 28.4 Å². The Hall–Kier alpha value is -2.69. The first kappa shape index (κ1) is 13.7. The van der Waals surface area contributed by atoms with E-state index in [4.69, 9.17) is 0 Å². The Labute approximate surface area is 115 Å². The van der Waals surface area contributed by atoms with Crippen LogP contribution in [-0.2, 0) is 6.42 Å². The molecule has 0 bridgehead atoms. The molecule has 0 aliphatic heterocycles. The van der Waals surface area contributed by atoms with Crippen LogP contribution in [-0.4, -0.2) is 15.8 Å². The highest BCUT2D eigenvalue weighted by molar-refractivity contribution is 6.10. The molecular weight excluding hydrogens is 258 g/mol. The summed E-state index contributed by atoms with van der Waals surface area (Å²) in [7, 11) is 0. The van der Waals surface area contributed by atoms with Crippen LogP contribution >= 0.6 is 0 Å². The van der Waals surface area contributed by atoms with E-state index in [0.717, 1.165) is 12.0 Å². The minimum Gasteiger partial charge on any atom is -0.507 e. The van der Waals surface area contributed by atoms with Gasteiger partial charge in [-0.05, 0) is 36.2 Å². The topological polar surface area (TPSA) is 80.4 Å². The van der Waals surface area contributed by atoms with Crippen LogP contribution in [0.5, 0.6) is 5.75 Å². The Balaban J connectivity index is 2.38. The van der Waals surface area contributed by atoms with Gasteiger partial charge in [0.15, 0.2) is 5.78 Å². The lowest BCUT2D eigenvalue weighted by Crippen LogP contribution is -2.03. The van der Waals surface area contributed by atoms with Gasteiger partial charge in [0.05, 0.1) is 10.5 Å². The van der Waals surface area contributed by atoms with Gasteiger partial charge >= 0.3 is 0 Å². The first-order chi connectivity index (χ1) is 9.52. The second-order valence-corrected chi connectivity index (χ2v) is 4.34. The quantitative estimate of drug-likeness (QED) is 0.526. The van der Waals surface area contributed by atoms with Crippen LogP contribution in [0, 0.1) is 10.1 Å². The fraction of sp³-hybridized carbons (Fsp3) is 0.133. The van der Waals surface area contributed by atoms with Gasteiger partial charge < -0.3 is 5.11 Å². The Morgan fingerprint density at radius 1 is 1.20 bits per heavy atom. The lowest BCUT2D eigenvalue weighted by molar-refractivity contribution is -0.384. The molecule has 0 saturated heterocycles. The zero-order chi connectivity index (χ0) is 14.7. The number of aromatic hydroxyl groups is 1. The highest BCUT2D eigenvalue weighted by Crippen LogP contribution is 2.23. The largest absolute Gasteiger partial charge is 0.507 e. The van der Waals surface area contributed by atoms with E-state index in [2.05, 4.69) is 0 Å². The first-order valence-electron chi connectivity index (χ1n) is 6.14. The molecule has 0 aliphatic rings.